The van der Waals surface area contributed by atoms with Crippen LogP contribution >= 0.6 is 0 Å². The molecule has 1 saturated heterocycles. The molecule has 5 atom stereocenters. The van der Waals surface area contributed by atoms with Gasteiger partial charge in [-0.1, -0.05) is 39.0 Å². The summed E-state index contributed by atoms with van der Waals surface area (Å²) in [5.41, 5.74) is 1.98. The quantitative estimate of drug-likeness (QED) is 0.422. The number of amides is 4. The summed E-state index contributed by atoms with van der Waals surface area (Å²) in [6.07, 6.45) is 2.22. The average molecular weight is 599 g/mol. The fourth-order valence-corrected chi connectivity index (χ4v) is 5.79. The Morgan fingerprint density at radius 3 is 2.63 bits per heavy atom. The number of aliphatic carboxylic acids is 1. The monoisotopic (exact) mass is 598 g/mol. The maximum absolute atomic E-state index is 13.9. The van der Waals surface area contributed by atoms with Gasteiger partial charge >= 0.3 is 12.1 Å². The lowest BCUT2D eigenvalue weighted by Gasteiger charge is -2.31. The first-order valence-corrected chi connectivity index (χ1v) is 14.9. The van der Waals surface area contributed by atoms with Gasteiger partial charge in [-0.2, -0.15) is 0 Å². The van der Waals surface area contributed by atoms with E-state index >= 15 is 0 Å². The Hall–Kier alpha value is -4.09. The average Bonchev–Trinajstić information content (AvgIpc) is 3.40. The Morgan fingerprint density at radius 1 is 1.16 bits per heavy atom. The third-order valence-corrected chi connectivity index (χ3v) is 8.41. The lowest BCUT2D eigenvalue weighted by molar-refractivity contribution is -0.145. The number of carbonyl (C=O) groups excluding carboxylic acids is 4. The number of ether oxygens (including phenoxy) is 2. The largest absolute Gasteiger partial charge is 0.488 e. The van der Waals surface area contributed by atoms with E-state index in [4.69, 9.17) is 9.47 Å². The summed E-state index contributed by atoms with van der Waals surface area (Å²) in [4.78, 5) is 68.2. The number of alkyl carbamates (subject to hydrolysis) is 1. The van der Waals surface area contributed by atoms with E-state index in [9.17, 15) is 29.1 Å². The van der Waals surface area contributed by atoms with E-state index in [-0.39, 0.29) is 31.4 Å². The van der Waals surface area contributed by atoms with Crippen LogP contribution in [0, 0.1) is 11.8 Å². The molecule has 0 aromatic heterocycles. The first-order valence-electron chi connectivity index (χ1n) is 14.9. The second-order valence-corrected chi connectivity index (χ2v) is 11.8. The van der Waals surface area contributed by atoms with E-state index in [2.05, 4.69) is 17.2 Å². The van der Waals surface area contributed by atoms with Gasteiger partial charge in [0.2, 0.25) is 17.7 Å². The minimum absolute atomic E-state index is 0.0157. The fraction of sp³-hybridized carbons (Fsp3) is 0.581. The van der Waals surface area contributed by atoms with Crippen LogP contribution in [0.25, 0.3) is 0 Å². The molecule has 3 N–H and O–H groups in total. The molecule has 3 heterocycles. The van der Waals surface area contributed by atoms with Crippen LogP contribution in [0.2, 0.25) is 0 Å². The molecule has 1 fully saturated rings. The van der Waals surface area contributed by atoms with Crippen molar-refractivity contribution >= 4 is 29.8 Å². The van der Waals surface area contributed by atoms with Crippen LogP contribution in [0.4, 0.5) is 4.79 Å². The molecule has 12 heteroatoms. The molecule has 0 saturated carbocycles. The van der Waals surface area contributed by atoms with Crippen LogP contribution < -0.4 is 15.4 Å². The topological polar surface area (TPSA) is 155 Å². The number of carboxylic acids is 1. The van der Waals surface area contributed by atoms with Crippen molar-refractivity contribution in [2.45, 2.75) is 83.6 Å². The van der Waals surface area contributed by atoms with Crippen molar-refractivity contribution < 1.29 is 38.6 Å². The molecule has 234 valence electrons. The number of carboxylic acid groups (broad SMARTS) is 1. The highest BCUT2D eigenvalue weighted by Crippen LogP contribution is 2.32. The van der Waals surface area contributed by atoms with Crippen LogP contribution in [0.1, 0.15) is 57.6 Å². The summed E-state index contributed by atoms with van der Waals surface area (Å²) in [5, 5.41) is 15.0. The number of hydrogen-bond acceptors (Lipinski definition) is 7. The molecular weight excluding hydrogens is 556 g/mol. The number of benzene rings is 1. The van der Waals surface area contributed by atoms with Gasteiger partial charge in [0, 0.05) is 37.4 Å². The van der Waals surface area contributed by atoms with Gasteiger partial charge in [0.25, 0.3) is 0 Å². The Kier molecular flexibility index (Phi) is 10.3. The zero-order valence-electron chi connectivity index (χ0n) is 25.0. The predicted octanol–water partition coefficient (Wildman–Crippen LogP) is 2.25. The van der Waals surface area contributed by atoms with E-state index in [1.165, 1.54) is 11.0 Å². The van der Waals surface area contributed by atoms with Gasteiger partial charge < -0.3 is 35.0 Å². The summed E-state index contributed by atoms with van der Waals surface area (Å²) in [5.74, 6) is -2.66. The highest BCUT2D eigenvalue weighted by molar-refractivity contribution is 5.93. The Balaban J connectivity index is 1.67. The second kappa shape index (κ2) is 13.9. The van der Waals surface area contributed by atoms with E-state index in [1.807, 2.05) is 18.2 Å². The normalized spacial score (nSPS) is 24.6. The lowest BCUT2D eigenvalue weighted by atomic mass is 9.98. The molecule has 12 nitrogen and oxygen atoms in total. The number of fused-ring (bicyclic) bond motifs is 3. The van der Waals surface area contributed by atoms with Crippen LogP contribution in [-0.4, -0.2) is 88.6 Å². The minimum Gasteiger partial charge on any atom is -0.488 e. The number of carbonyl (C=O) groups is 5. The molecule has 1 unspecified atom stereocenters. The van der Waals surface area contributed by atoms with Gasteiger partial charge in [0.15, 0.2) is 0 Å². The molecule has 43 heavy (non-hydrogen) atoms. The van der Waals surface area contributed by atoms with E-state index in [1.54, 1.807) is 25.7 Å². The minimum atomic E-state index is -1.24. The molecule has 0 aliphatic carbocycles. The molecular formula is C31H42N4O8. The summed E-state index contributed by atoms with van der Waals surface area (Å²) >= 11 is 0. The highest BCUT2D eigenvalue weighted by Gasteiger charge is 2.45. The van der Waals surface area contributed by atoms with Crippen molar-refractivity contribution in [3.05, 3.63) is 42.0 Å². The summed E-state index contributed by atoms with van der Waals surface area (Å²) < 4.78 is 11.7. The molecule has 1 aromatic rings. The van der Waals surface area contributed by atoms with Crippen molar-refractivity contribution in [2.75, 3.05) is 19.7 Å². The fourth-order valence-electron chi connectivity index (χ4n) is 5.79. The second-order valence-electron chi connectivity index (χ2n) is 11.8. The van der Waals surface area contributed by atoms with Crippen LogP contribution in [0.3, 0.4) is 0 Å². The van der Waals surface area contributed by atoms with Crippen molar-refractivity contribution in [3.63, 3.8) is 0 Å². The van der Waals surface area contributed by atoms with Crippen molar-refractivity contribution in [2.24, 2.45) is 11.8 Å². The van der Waals surface area contributed by atoms with E-state index < -0.39 is 54.0 Å². The molecule has 3 aliphatic rings. The summed E-state index contributed by atoms with van der Waals surface area (Å²) in [6, 6.07) is 2.44. The van der Waals surface area contributed by atoms with Gasteiger partial charge in [0.05, 0.1) is 13.2 Å². The maximum atomic E-state index is 13.9. The predicted molar refractivity (Wildman–Crippen MR) is 156 cm³/mol. The zero-order valence-corrected chi connectivity index (χ0v) is 25.0. The highest BCUT2D eigenvalue weighted by atomic mass is 16.5. The molecule has 4 rings (SSSR count). The third-order valence-electron chi connectivity index (χ3n) is 8.41. The SMILES string of the molecule is C=C[C@H](C)C(NC(=O)[C@@H]1C[C@@H]2CN1C(=O)[C@H](C(C)C)NC(=O)OCCCCC(=O)N1CCc3cccc(c3C1)O2)C(=O)O. The Bertz CT molecular complexity index is 1250. The summed E-state index contributed by atoms with van der Waals surface area (Å²) in [7, 11) is 0. The molecule has 1 aromatic carbocycles. The van der Waals surface area contributed by atoms with E-state index in [0.717, 1.165) is 11.1 Å². The van der Waals surface area contributed by atoms with Crippen molar-refractivity contribution in [1.82, 2.24) is 20.4 Å². The Morgan fingerprint density at radius 2 is 1.93 bits per heavy atom. The number of rotatable bonds is 6. The third kappa shape index (κ3) is 7.47. The number of nitrogens with zero attached hydrogens (tertiary/aromatic N) is 2. The molecule has 4 amide bonds. The van der Waals surface area contributed by atoms with Gasteiger partial charge in [-0.25, -0.2) is 9.59 Å². The maximum Gasteiger partial charge on any atom is 0.407 e. The molecule has 0 spiro atoms. The standard InChI is InChI=1S/C31H42N4O8/c1-5-19(4)27(30(39)40)32-28(37)23-15-21-16-35(23)29(38)26(18(2)3)33-31(41)42-14-7-6-11-25(36)34-13-12-20-9-8-10-24(43-21)22(20)17-34/h5,8-10,18-19,21,23,26-27H,1,6-7,11-17H2,2-4H3,(H,32,37)(H,33,41)(H,39,40)/t19-,21+,23-,26-,27?/m0/s1. The number of nitrogens with one attached hydrogen (secondary N) is 2. The van der Waals surface area contributed by atoms with Gasteiger partial charge in [-0.15, -0.1) is 6.58 Å². The smallest absolute Gasteiger partial charge is 0.407 e. The van der Waals surface area contributed by atoms with Gasteiger partial charge in [-0.3, -0.25) is 14.4 Å². The van der Waals surface area contributed by atoms with Gasteiger partial charge in [0.1, 0.15) is 30.0 Å². The van der Waals surface area contributed by atoms with Crippen LogP contribution in [0.5, 0.6) is 5.75 Å². The number of cyclic esters (lactones) is 1. The van der Waals surface area contributed by atoms with E-state index in [0.29, 0.717) is 44.5 Å². The number of hydrogen-bond donors (Lipinski definition) is 3. The van der Waals surface area contributed by atoms with Crippen LogP contribution in [0.15, 0.2) is 30.9 Å². The Labute approximate surface area is 251 Å². The first-order chi connectivity index (χ1) is 20.5. The van der Waals surface area contributed by atoms with Crippen LogP contribution in [-0.2, 0) is 36.9 Å². The molecule has 3 aliphatic heterocycles. The molecule has 0 radical (unpaired) electrons. The lowest BCUT2D eigenvalue weighted by Crippen LogP contribution is -2.57. The molecule has 4 bridgehead atoms. The first kappa shape index (κ1) is 31.8. The summed E-state index contributed by atoms with van der Waals surface area (Å²) in [6.45, 7) is 9.92. The van der Waals surface area contributed by atoms with Crippen molar-refractivity contribution in [3.8, 4) is 5.75 Å². The van der Waals surface area contributed by atoms with Gasteiger partial charge in [-0.05, 0) is 36.8 Å². The zero-order chi connectivity index (χ0) is 31.3. The van der Waals surface area contributed by atoms with Crippen molar-refractivity contribution in [1.29, 1.82) is 0 Å².